The molecule has 0 aromatic heterocycles. The van der Waals surface area contributed by atoms with E-state index in [0.29, 0.717) is 12.3 Å². The van der Waals surface area contributed by atoms with Gasteiger partial charge in [0.25, 0.3) is 0 Å². The molecule has 0 aliphatic carbocycles. The van der Waals surface area contributed by atoms with Gasteiger partial charge in [-0.15, -0.1) is 0 Å². The molecule has 0 saturated carbocycles. The van der Waals surface area contributed by atoms with Gasteiger partial charge in [-0.3, -0.25) is 4.79 Å². The Balaban J connectivity index is 2.08. The van der Waals surface area contributed by atoms with Gasteiger partial charge in [0.05, 0.1) is 7.11 Å². The maximum Gasteiger partial charge on any atom is 0.217 e. The van der Waals surface area contributed by atoms with Gasteiger partial charge >= 0.3 is 0 Å². The highest BCUT2D eigenvalue weighted by atomic mass is 16.5. The van der Waals surface area contributed by atoms with Crippen LogP contribution < -0.4 is 15.8 Å². The fourth-order valence-electron chi connectivity index (χ4n) is 2.51. The molecule has 0 spiro atoms. The lowest BCUT2D eigenvalue weighted by Crippen LogP contribution is -2.28. The number of carbonyl (C=O) groups excluding carboxylic acids is 1. The number of carbonyl (C=O) groups is 1. The van der Waals surface area contributed by atoms with Gasteiger partial charge in [0, 0.05) is 19.5 Å². The molecule has 0 saturated heterocycles. The van der Waals surface area contributed by atoms with Gasteiger partial charge in [-0.1, -0.05) is 6.07 Å². The van der Waals surface area contributed by atoms with Crippen molar-refractivity contribution in [3.05, 3.63) is 29.3 Å². The number of primary amides is 1. The number of rotatable bonds is 5. The minimum atomic E-state index is -0.218. The Bertz CT molecular complexity index is 432. The summed E-state index contributed by atoms with van der Waals surface area (Å²) in [5.41, 5.74) is 7.84. The van der Waals surface area contributed by atoms with Gasteiger partial charge in [-0.05, 0) is 42.0 Å². The van der Waals surface area contributed by atoms with Crippen LogP contribution in [-0.4, -0.2) is 19.6 Å². The van der Waals surface area contributed by atoms with E-state index in [9.17, 15) is 4.79 Å². The highest BCUT2D eigenvalue weighted by Crippen LogP contribution is 2.31. The second kappa shape index (κ2) is 5.87. The molecule has 1 aromatic rings. The minimum absolute atomic E-state index is 0.218. The maximum atomic E-state index is 10.8. The smallest absolute Gasteiger partial charge is 0.217 e. The fourth-order valence-corrected chi connectivity index (χ4v) is 2.51. The van der Waals surface area contributed by atoms with Crippen LogP contribution in [0.2, 0.25) is 0 Å². The Labute approximate surface area is 108 Å². The summed E-state index contributed by atoms with van der Waals surface area (Å²) in [4.78, 5) is 10.8. The summed E-state index contributed by atoms with van der Waals surface area (Å²) in [5.74, 6) is 1.13. The summed E-state index contributed by atoms with van der Waals surface area (Å²) in [6.07, 6.45) is 2.30. The third kappa shape index (κ3) is 3.01. The van der Waals surface area contributed by atoms with Gasteiger partial charge in [0.2, 0.25) is 5.91 Å². The van der Waals surface area contributed by atoms with Crippen molar-refractivity contribution < 1.29 is 9.53 Å². The van der Waals surface area contributed by atoms with Crippen molar-refractivity contribution in [2.75, 3.05) is 13.7 Å². The first kappa shape index (κ1) is 12.9. The van der Waals surface area contributed by atoms with E-state index in [1.807, 2.05) is 6.07 Å². The lowest BCUT2D eigenvalue weighted by atomic mass is 9.87. The first-order chi connectivity index (χ1) is 8.70. The van der Waals surface area contributed by atoms with Crippen LogP contribution in [0.15, 0.2) is 18.2 Å². The lowest BCUT2D eigenvalue weighted by molar-refractivity contribution is -0.118. The highest BCUT2D eigenvalue weighted by Gasteiger charge is 2.20. The second-order valence-electron chi connectivity index (χ2n) is 4.75. The van der Waals surface area contributed by atoms with Crippen molar-refractivity contribution in [2.45, 2.75) is 31.7 Å². The monoisotopic (exact) mass is 248 g/mol. The van der Waals surface area contributed by atoms with E-state index < -0.39 is 0 Å². The standard InChI is InChI=1S/C14H20N2O2/c1-18-12-6-5-11-9-16-8-10(13(11)7-12)3-2-4-14(15)17/h5-7,10,16H,2-4,8-9H2,1H3,(H2,15,17). The molecule has 18 heavy (non-hydrogen) atoms. The second-order valence-corrected chi connectivity index (χ2v) is 4.75. The van der Waals surface area contributed by atoms with Crippen LogP contribution in [0.3, 0.4) is 0 Å². The molecule has 1 heterocycles. The van der Waals surface area contributed by atoms with Crippen molar-refractivity contribution in [1.29, 1.82) is 0 Å². The third-order valence-corrected chi connectivity index (χ3v) is 3.47. The molecule has 3 N–H and O–H groups in total. The average molecular weight is 248 g/mol. The number of hydrogen-bond donors (Lipinski definition) is 2. The van der Waals surface area contributed by atoms with Crippen LogP contribution in [0.4, 0.5) is 0 Å². The zero-order chi connectivity index (χ0) is 13.0. The Morgan fingerprint density at radius 3 is 3.11 bits per heavy atom. The van der Waals surface area contributed by atoms with E-state index in [1.165, 1.54) is 11.1 Å². The number of methoxy groups -OCH3 is 1. The number of nitrogens with two attached hydrogens (primary N) is 1. The van der Waals surface area contributed by atoms with E-state index >= 15 is 0 Å². The van der Waals surface area contributed by atoms with Crippen molar-refractivity contribution in [2.24, 2.45) is 5.73 Å². The highest BCUT2D eigenvalue weighted by molar-refractivity contribution is 5.73. The summed E-state index contributed by atoms with van der Waals surface area (Å²) in [6.45, 7) is 1.87. The largest absolute Gasteiger partial charge is 0.497 e. The van der Waals surface area contributed by atoms with E-state index in [0.717, 1.165) is 31.7 Å². The van der Waals surface area contributed by atoms with Crippen LogP contribution in [0.5, 0.6) is 5.75 Å². The molecule has 1 aromatic carbocycles. The summed E-state index contributed by atoms with van der Waals surface area (Å²) >= 11 is 0. The average Bonchev–Trinajstić information content (AvgIpc) is 2.38. The Hall–Kier alpha value is -1.55. The summed E-state index contributed by atoms with van der Waals surface area (Å²) < 4.78 is 5.28. The van der Waals surface area contributed by atoms with Crippen molar-refractivity contribution in [1.82, 2.24) is 5.32 Å². The lowest BCUT2D eigenvalue weighted by Gasteiger charge is -2.26. The molecular formula is C14H20N2O2. The number of hydrogen-bond acceptors (Lipinski definition) is 3. The first-order valence-electron chi connectivity index (χ1n) is 6.36. The molecule has 1 aliphatic heterocycles. The summed E-state index contributed by atoms with van der Waals surface area (Å²) in [5, 5.41) is 3.41. The minimum Gasteiger partial charge on any atom is -0.497 e. The van der Waals surface area contributed by atoms with Gasteiger partial charge in [0.15, 0.2) is 0 Å². The Morgan fingerprint density at radius 1 is 1.56 bits per heavy atom. The molecule has 98 valence electrons. The molecule has 0 fully saturated rings. The normalized spacial score (nSPS) is 18.2. The topological polar surface area (TPSA) is 64.3 Å². The van der Waals surface area contributed by atoms with E-state index in [1.54, 1.807) is 7.11 Å². The first-order valence-corrected chi connectivity index (χ1v) is 6.36. The number of ether oxygens (including phenoxy) is 1. The summed E-state index contributed by atoms with van der Waals surface area (Å²) in [7, 11) is 1.69. The third-order valence-electron chi connectivity index (χ3n) is 3.47. The van der Waals surface area contributed by atoms with E-state index in [2.05, 4.69) is 17.4 Å². The quantitative estimate of drug-likeness (QED) is 0.830. The van der Waals surface area contributed by atoms with Gasteiger partial charge in [0.1, 0.15) is 5.75 Å². The molecule has 4 nitrogen and oxygen atoms in total. The van der Waals surface area contributed by atoms with Crippen molar-refractivity contribution in [3.8, 4) is 5.75 Å². The van der Waals surface area contributed by atoms with Crippen LogP contribution in [0.25, 0.3) is 0 Å². The molecule has 0 bridgehead atoms. The van der Waals surface area contributed by atoms with Crippen molar-refractivity contribution >= 4 is 5.91 Å². The van der Waals surface area contributed by atoms with Gasteiger partial charge in [-0.2, -0.15) is 0 Å². The predicted molar refractivity (Wildman–Crippen MR) is 70.5 cm³/mol. The number of benzene rings is 1. The predicted octanol–water partition coefficient (Wildman–Crippen LogP) is 1.54. The Morgan fingerprint density at radius 2 is 2.39 bits per heavy atom. The van der Waals surface area contributed by atoms with E-state index in [-0.39, 0.29) is 5.91 Å². The zero-order valence-electron chi connectivity index (χ0n) is 10.7. The molecule has 1 atom stereocenters. The molecule has 1 unspecified atom stereocenters. The van der Waals surface area contributed by atoms with E-state index in [4.69, 9.17) is 10.5 Å². The van der Waals surface area contributed by atoms with Gasteiger partial charge in [-0.25, -0.2) is 0 Å². The fraction of sp³-hybridized carbons (Fsp3) is 0.500. The zero-order valence-corrected chi connectivity index (χ0v) is 10.7. The molecule has 4 heteroatoms. The maximum absolute atomic E-state index is 10.8. The van der Waals surface area contributed by atoms with Crippen molar-refractivity contribution in [3.63, 3.8) is 0 Å². The SMILES string of the molecule is COc1ccc2c(c1)C(CCCC(N)=O)CNC2. The molecular weight excluding hydrogens is 228 g/mol. The molecule has 1 aliphatic rings. The van der Waals surface area contributed by atoms with Gasteiger partial charge < -0.3 is 15.8 Å². The molecule has 1 amide bonds. The van der Waals surface area contributed by atoms with Crippen LogP contribution >= 0.6 is 0 Å². The van der Waals surface area contributed by atoms with Crippen LogP contribution in [-0.2, 0) is 11.3 Å². The Kier molecular flexibility index (Phi) is 4.20. The van der Waals surface area contributed by atoms with Crippen LogP contribution in [0, 0.1) is 0 Å². The number of nitrogens with one attached hydrogen (secondary N) is 1. The number of fused-ring (bicyclic) bond motifs is 1. The van der Waals surface area contributed by atoms with Crippen LogP contribution in [0.1, 0.15) is 36.3 Å². The summed E-state index contributed by atoms with van der Waals surface area (Å²) in [6, 6.07) is 6.22. The number of amides is 1. The molecule has 2 rings (SSSR count). The molecule has 0 radical (unpaired) electrons.